The van der Waals surface area contributed by atoms with Crippen LogP contribution in [0, 0.1) is 12.3 Å². The summed E-state index contributed by atoms with van der Waals surface area (Å²) in [7, 11) is 0. The first-order valence-corrected chi connectivity index (χ1v) is 8.04. The molecule has 1 aromatic carbocycles. The fourth-order valence-electron chi connectivity index (χ4n) is 2.04. The molecule has 0 amide bonds. The second kappa shape index (κ2) is 11.8. The Bertz CT molecular complexity index is 474. The monoisotopic (exact) mass is 300 g/mol. The summed E-state index contributed by atoms with van der Waals surface area (Å²) in [5, 5.41) is 7.18. The van der Waals surface area contributed by atoms with Crippen LogP contribution in [0.5, 0.6) is 0 Å². The molecule has 1 aromatic rings. The molecule has 0 aromatic heterocycles. The highest BCUT2D eigenvalue weighted by Gasteiger charge is 1.98. The standard InChI is InChI=1S/C18H28N4/c1-3-4-5-6-13-21-22-14-7-8-18(20-15-19)17-11-9-16(2)10-12-17/h7-12,15,19,21-22H,3-6,13-14H2,1-2H3/b8-7+,19-15?,20-18+. The molecule has 4 nitrogen and oxygen atoms in total. The van der Waals surface area contributed by atoms with Crippen LogP contribution < -0.4 is 10.9 Å². The molecule has 0 saturated heterocycles. The molecular formula is C18H28N4. The van der Waals surface area contributed by atoms with E-state index < -0.39 is 0 Å². The molecule has 0 aliphatic heterocycles. The third-order valence-electron chi connectivity index (χ3n) is 3.33. The number of hydrogen-bond acceptors (Lipinski definition) is 3. The van der Waals surface area contributed by atoms with Gasteiger partial charge in [-0.3, -0.25) is 16.3 Å². The van der Waals surface area contributed by atoms with Gasteiger partial charge in [-0.2, -0.15) is 0 Å². The van der Waals surface area contributed by atoms with Crippen molar-refractivity contribution in [3.63, 3.8) is 0 Å². The molecule has 0 radical (unpaired) electrons. The van der Waals surface area contributed by atoms with E-state index in [1.165, 1.54) is 31.2 Å². The summed E-state index contributed by atoms with van der Waals surface area (Å²) in [6.07, 6.45) is 10.1. The minimum atomic E-state index is 0.733. The van der Waals surface area contributed by atoms with Crippen LogP contribution >= 0.6 is 0 Å². The van der Waals surface area contributed by atoms with E-state index >= 15 is 0 Å². The summed E-state index contributed by atoms with van der Waals surface area (Å²) in [4.78, 5) is 4.12. The number of rotatable bonds is 11. The molecule has 0 heterocycles. The van der Waals surface area contributed by atoms with Crippen LogP contribution in [-0.2, 0) is 0 Å². The second-order valence-corrected chi connectivity index (χ2v) is 5.28. The van der Waals surface area contributed by atoms with Gasteiger partial charge in [-0.1, -0.05) is 62.1 Å². The molecule has 0 aliphatic rings. The fraction of sp³-hybridized carbons (Fsp3) is 0.444. The summed E-state index contributed by atoms with van der Waals surface area (Å²) >= 11 is 0. The number of benzene rings is 1. The van der Waals surface area contributed by atoms with Crippen molar-refractivity contribution in [3.05, 3.63) is 47.5 Å². The summed E-state index contributed by atoms with van der Waals surface area (Å²) in [5.74, 6) is 0. The van der Waals surface area contributed by atoms with Crippen LogP contribution in [0.2, 0.25) is 0 Å². The van der Waals surface area contributed by atoms with Gasteiger partial charge in [0.2, 0.25) is 0 Å². The normalized spacial score (nSPS) is 12.0. The number of hydrazine groups is 1. The smallest absolute Gasteiger partial charge is 0.107 e. The fourth-order valence-corrected chi connectivity index (χ4v) is 2.04. The highest BCUT2D eigenvalue weighted by molar-refractivity contribution is 6.11. The Balaban J connectivity index is 2.33. The topological polar surface area (TPSA) is 60.3 Å². The van der Waals surface area contributed by atoms with Gasteiger partial charge in [0.05, 0.1) is 5.71 Å². The molecule has 0 spiro atoms. The highest BCUT2D eigenvalue weighted by Crippen LogP contribution is 2.05. The average Bonchev–Trinajstić information content (AvgIpc) is 2.53. The number of nitrogens with one attached hydrogen (secondary N) is 3. The maximum absolute atomic E-state index is 7.18. The lowest BCUT2D eigenvalue weighted by molar-refractivity contribution is 0.530. The van der Waals surface area contributed by atoms with Crippen LogP contribution in [0.25, 0.3) is 0 Å². The average molecular weight is 300 g/mol. The zero-order chi connectivity index (χ0) is 16.0. The lowest BCUT2D eigenvalue weighted by Gasteiger charge is -2.04. The van der Waals surface area contributed by atoms with Crippen molar-refractivity contribution in [2.75, 3.05) is 13.1 Å². The van der Waals surface area contributed by atoms with E-state index in [-0.39, 0.29) is 0 Å². The van der Waals surface area contributed by atoms with Crippen molar-refractivity contribution in [2.45, 2.75) is 39.5 Å². The Morgan fingerprint density at radius 2 is 1.91 bits per heavy atom. The number of nitrogens with zero attached hydrogens (tertiary/aromatic N) is 1. The van der Waals surface area contributed by atoms with Gasteiger partial charge in [0.1, 0.15) is 6.34 Å². The predicted molar refractivity (Wildman–Crippen MR) is 95.8 cm³/mol. The molecule has 0 fully saturated rings. The van der Waals surface area contributed by atoms with E-state index in [1.54, 1.807) is 0 Å². The zero-order valence-corrected chi connectivity index (χ0v) is 13.7. The van der Waals surface area contributed by atoms with E-state index in [4.69, 9.17) is 5.41 Å². The first-order chi connectivity index (χ1) is 10.8. The molecule has 120 valence electrons. The van der Waals surface area contributed by atoms with Gasteiger partial charge in [0.15, 0.2) is 0 Å². The Kier molecular flexibility index (Phi) is 9.83. The first kappa shape index (κ1) is 18.3. The molecule has 4 heteroatoms. The van der Waals surface area contributed by atoms with Crippen molar-refractivity contribution in [1.29, 1.82) is 5.41 Å². The number of allylic oxidation sites excluding steroid dienone is 1. The summed E-state index contributed by atoms with van der Waals surface area (Å²) < 4.78 is 0. The second-order valence-electron chi connectivity index (χ2n) is 5.28. The van der Waals surface area contributed by atoms with E-state index in [9.17, 15) is 0 Å². The predicted octanol–water partition coefficient (Wildman–Crippen LogP) is 3.62. The molecule has 0 unspecified atom stereocenters. The van der Waals surface area contributed by atoms with Crippen molar-refractivity contribution in [1.82, 2.24) is 10.9 Å². The Hall–Kier alpha value is -1.78. The highest BCUT2D eigenvalue weighted by atomic mass is 15.3. The van der Waals surface area contributed by atoms with Crippen molar-refractivity contribution in [2.24, 2.45) is 4.99 Å². The summed E-state index contributed by atoms with van der Waals surface area (Å²) in [5.41, 5.74) is 9.43. The molecule has 0 saturated carbocycles. The third kappa shape index (κ3) is 7.86. The molecule has 0 aliphatic carbocycles. The van der Waals surface area contributed by atoms with Crippen LogP contribution in [0.3, 0.4) is 0 Å². The number of hydrogen-bond donors (Lipinski definition) is 3. The van der Waals surface area contributed by atoms with E-state index in [2.05, 4.69) is 41.8 Å². The van der Waals surface area contributed by atoms with Gasteiger partial charge in [-0.15, -0.1) is 0 Å². The van der Waals surface area contributed by atoms with Gasteiger partial charge < -0.3 is 0 Å². The minimum Gasteiger partial charge on any atom is -0.290 e. The number of aliphatic imine (C=N–C) groups is 1. The SMILES string of the molecule is CCCCCCNNC/C=C/C(=N\C=N)c1ccc(C)cc1. The number of aryl methyl sites for hydroxylation is 1. The van der Waals surface area contributed by atoms with Gasteiger partial charge in [0, 0.05) is 18.7 Å². The molecule has 1 rings (SSSR count). The molecule has 22 heavy (non-hydrogen) atoms. The minimum absolute atomic E-state index is 0.733. The molecule has 0 atom stereocenters. The molecule has 3 N–H and O–H groups in total. The largest absolute Gasteiger partial charge is 0.290 e. The van der Waals surface area contributed by atoms with Crippen molar-refractivity contribution in [3.8, 4) is 0 Å². The molecular weight excluding hydrogens is 272 g/mol. The Morgan fingerprint density at radius 1 is 1.14 bits per heavy atom. The van der Waals surface area contributed by atoms with E-state index in [1.807, 2.05) is 24.3 Å². The van der Waals surface area contributed by atoms with E-state index in [0.29, 0.717) is 0 Å². The lowest BCUT2D eigenvalue weighted by atomic mass is 10.1. The Labute approximate surface area is 134 Å². The van der Waals surface area contributed by atoms with Crippen LogP contribution in [0.4, 0.5) is 0 Å². The third-order valence-corrected chi connectivity index (χ3v) is 3.33. The van der Waals surface area contributed by atoms with E-state index in [0.717, 1.165) is 30.7 Å². The van der Waals surface area contributed by atoms with Gasteiger partial charge in [0.25, 0.3) is 0 Å². The first-order valence-electron chi connectivity index (χ1n) is 8.04. The summed E-state index contributed by atoms with van der Waals surface area (Å²) in [6.45, 7) is 6.00. The maximum atomic E-state index is 7.18. The number of unbranched alkanes of at least 4 members (excludes halogenated alkanes) is 3. The molecule has 0 bridgehead atoms. The zero-order valence-electron chi connectivity index (χ0n) is 13.7. The lowest BCUT2D eigenvalue weighted by Crippen LogP contribution is -2.32. The van der Waals surface area contributed by atoms with Crippen LogP contribution in [0.15, 0.2) is 41.4 Å². The Morgan fingerprint density at radius 3 is 2.59 bits per heavy atom. The summed E-state index contributed by atoms with van der Waals surface area (Å²) in [6, 6.07) is 8.17. The maximum Gasteiger partial charge on any atom is 0.107 e. The van der Waals surface area contributed by atoms with Crippen LogP contribution in [-0.4, -0.2) is 25.1 Å². The van der Waals surface area contributed by atoms with Gasteiger partial charge in [-0.05, 0) is 19.4 Å². The van der Waals surface area contributed by atoms with Crippen molar-refractivity contribution < 1.29 is 0 Å². The van der Waals surface area contributed by atoms with Gasteiger partial charge >= 0.3 is 0 Å². The quantitative estimate of drug-likeness (QED) is 0.253. The van der Waals surface area contributed by atoms with Crippen molar-refractivity contribution >= 4 is 12.1 Å². The van der Waals surface area contributed by atoms with Gasteiger partial charge in [-0.25, -0.2) is 4.99 Å². The van der Waals surface area contributed by atoms with Crippen LogP contribution in [0.1, 0.15) is 43.7 Å².